The second-order valence-electron chi connectivity index (χ2n) is 10.4. The van der Waals surface area contributed by atoms with Crippen LogP contribution in [0.4, 0.5) is 32.0 Å². The van der Waals surface area contributed by atoms with E-state index in [-0.39, 0.29) is 38.6 Å². The Morgan fingerprint density at radius 3 is 2.27 bits per heavy atom. The lowest BCUT2D eigenvalue weighted by Gasteiger charge is -2.12. The zero-order valence-corrected chi connectivity index (χ0v) is 26.3. The predicted molar refractivity (Wildman–Crippen MR) is 158 cm³/mol. The predicted octanol–water partition coefficient (Wildman–Crippen LogP) is 9.01. The summed E-state index contributed by atoms with van der Waals surface area (Å²) in [5.41, 5.74) is -2.35. The van der Waals surface area contributed by atoms with E-state index in [1.165, 1.54) is 18.2 Å². The van der Waals surface area contributed by atoms with Crippen molar-refractivity contribution in [2.45, 2.75) is 47.4 Å². The number of alkyl halides is 6. The minimum atomic E-state index is -4.98. The molecule has 0 radical (unpaired) electrons. The van der Waals surface area contributed by atoms with Gasteiger partial charge in [-0.05, 0) is 47.5 Å². The van der Waals surface area contributed by atoms with Gasteiger partial charge in [-0.3, -0.25) is 14.4 Å². The summed E-state index contributed by atoms with van der Waals surface area (Å²) in [4.78, 5) is 38.1. The highest BCUT2D eigenvalue weighted by Crippen LogP contribution is 2.65. The van der Waals surface area contributed by atoms with Crippen molar-refractivity contribution in [3.05, 3.63) is 98.8 Å². The van der Waals surface area contributed by atoms with E-state index in [0.717, 1.165) is 18.2 Å². The molecule has 3 aromatic carbocycles. The molecule has 0 saturated heterocycles. The Bertz CT molecular complexity index is 1650. The van der Waals surface area contributed by atoms with Crippen LogP contribution in [0.1, 0.15) is 51.9 Å². The summed E-state index contributed by atoms with van der Waals surface area (Å²) in [6.07, 6.45) is -5.99. The van der Waals surface area contributed by atoms with Gasteiger partial charge in [-0.1, -0.05) is 46.6 Å². The van der Waals surface area contributed by atoms with Crippen LogP contribution in [0.25, 0.3) is 0 Å². The van der Waals surface area contributed by atoms with Crippen molar-refractivity contribution in [1.82, 2.24) is 0 Å². The van der Waals surface area contributed by atoms with Crippen LogP contribution in [0.2, 0.25) is 5.02 Å². The lowest BCUT2D eigenvalue weighted by Crippen LogP contribution is -2.18. The number of hydrogen-bond donors (Lipinski definition) is 1. The Kier molecular flexibility index (Phi) is 10.1. The van der Waals surface area contributed by atoms with Gasteiger partial charge in [0.05, 0.1) is 16.5 Å². The van der Waals surface area contributed by atoms with Crippen molar-refractivity contribution in [3.63, 3.8) is 0 Å². The molecular formula is C30H21BrCl3F6NO3. The first kappa shape index (κ1) is 34.3. The van der Waals surface area contributed by atoms with Gasteiger partial charge < -0.3 is 5.32 Å². The maximum atomic E-state index is 15.2. The van der Waals surface area contributed by atoms with E-state index in [0.29, 0.717) is 12.1 Å². The molecule has 1 aliphatic rings. The normalized spacial score (nSPS) is 18.1. The second-order valence-corrected chi connectivity index (χ2v) is 13.8. The van der Waals surface area contributed by atoms with E-state index in [2.05, 4.69) is 21.2 Å². The van der Waals surface area contributed by atoms with Crippen LogP contribution in [0.3, 0.4) is 0 Å². The number of Topliss-reactive ketones (excluding diaryl/α,β-unsaturated/α-hetero) is 2. The minimum absolute atomic E-state index is 0.0439. The summed E-state index contributed by atoms with van der Waals surface area (Å²) >= 11 is 21.9. The van der Waals surface area contributed by atoms with Crippen molar-refractivity contribution < 1.29 is 40.7 Å². The van der Waals surface area contributed by atoms with Crippen LogP contribution in [-0.2, 0) is 28.6 Å². The van der Waals surface area contributed by atoms with E-state index < -0.39 is 81.2 Å². The van der Waals surface area contributed by atoms with Crippen molar-refractivity contribution in [1.29, 1.82) is 0 Å². The summed E-state index contributed by atoms with van der Waals surface area (Å²) in [6, 6.07) is 8.07. The zero-order chi connectivity index (χ0) is 32.7. The van der Waals surface area contributed by atoms with Gasteiger partial charge in [0.25, 0.3) is 0 Å². The van der Waals surface area contributed by atoms with E-state index in [1.54, 1.807) is 6.92 Å². The highest BCUT2D eigenvalue weighted by Gasteiger charge is 2.67. The fourth-order valence-corrected chi connectivity index (χ4v) is 6.27. The molecule has 44 heavy (non-hydrogen) atoms. The number of carbonyl (C=O) groups excluding carboxylic acids is 3. The van der Waals surface area contributed by atoms with Gasteiger partial charge in [-0.25, -0.2) is 13.2 Å². The molecule has 1 fully saturated rings. The van der Waals surface area contributed by atoms with E-state index >= 15 is 4.39 Å². The van der Waals surface area contributed by atoms with E-state index in [4.69, 9.17) is 34.8 Å². The molecular weight excluding hydrogens is 723 g/mol. The van der Waals surface area contributed by atoms with Crippen molar-refractivity contribution in [2.24, 2.45) is 5.92 Å². The molecule has 1 unspecified atom stereocenters. The maximum absolute atomic E-state index is 15.2. The lowest BCUT2D eigenvalue weighted by atomic mass is 9.97. The first-order valence-corrected chi connectivity index (χ1v) is 15.0. The van der Waals surface area contributed by atoms with E-state index in [9.17, 15) is 36.3 Å². The topological polar surface area (TPSA) is 63.2 Å². The molecule has 4 nitrogen and oxygen atoms in total. The van der Waals surface area contributed by atoms with Crippen LogP contribution in [0, 0.1) is 23.4 Å². The minimum Gasteiger partial charge on any atom is -0.326 e. The summed E-state index contributed by atoms with van der Waals surface area (Å²) in [5, 5.41) is 2.44. The number of anilines is 1. The molecule has 1 aliphatic carbocycles. The van der Waals surface area contributed by atoms with Gasteiger partial charge >= 0.3 is 6.18 Å². The third-order valence-corrected chi connectivity index (χ3v) is 8.62. The summed E-state index contributed by atoms with van der Waals surface area (Å²) < 4.78 is 81.0. The number of halogens is 10. The second kappa shape index (κ2) is 13.0. The number of hydrogen-bond acceptors (Lipinski definition) is 3. The molecule has 0 aromatic heterocycles. The van der Waals surface area contributed by atoms with Gasteiger partial charge in [0.1, 0.15) is 27.6 Å². The number of ketones is 2. The van der Waals surface area contributed by atoms with E-state index in [1.807, 2.05) is 0 Å². The third-order valence-electron chi connectivity index (χ3n) is 7.03. The summed E-state index contributed by atoms with van der Waals surface area (Å²) in [5.74, 6) is -7.68. The Hall–Kier alpha value is -2.60. The van der Waals surface area contributed by atoms with Gasteiger partial charge in [-0.2, -0.15) is 13.2 Å². The van der Waals surface area contributed by atoms with Gasteiger partial charge in [0.15, 0.2) is 5.78 Å². The largest absolute Gasteiger partial charge is 0.419 e. The van der Waals surface area contributed by atoms with Crippen LogP contribution in [0.5, 0.6) is 0 Å². The van der Waals surface area contributed by atoms with Gasteiger partial charge in [0.2, 0.25) is 5.91 Å². The average molecular weight is 744 g/mol. The molecule has 3 aromatic rings. The smallest absolute Gasteiger partial charge is 0.326 e. The van der Waals surface area contributed by atoms with Crippen LogP contribution >= 0.6 is 50.7 Å². The fraction of sp³-hybridized carbons (Fsp3) is 0.300. The Balaban J connectivity index is 1.51. The summed E-state index contributed by atoms with van der Waals surface area (Å²) in [6.45, 7) is 1.71. The number of benzene rings is 3. The fourth-order valence-electron chi connectivity index (χ4n) is 4.85. The van der Waals surface area contributed by atoms with Crippen molar-refractivity contribution >= 4 is 73.9 Å². The van der Waals surface area contributed by atoms with Gasteiger partial charge in [-0.15, -0.1) is 23.2 Å². The zero-order valence-electron chi connectivity index (χ0n) is 22.5. The standard InChI is InChI=1S/C30H21BrCl3F6NO3/c1-13(31)8-17(42)12-19-22(35)6-3-15(27(19)37)10-24(43)18-11-16(4-5-21(18)32)41-28(44)26-25(29(26,33)34)14-2-7-23(36)20(9-14)30(38,39)40/h2-7,9,11,13,25-26H,8,10,12H2,1H3,(H,41,44)/t13?,25-,26+/m0/s1. The number of amides is 1. The molecule has 0 heterocycles. The Morgan fingerprint density at radius 1 is 0.977 bits per heavy atom. The van der Waals surface area contributed by atoms with Crippen LogP contribution in [0.15, 0.2) is 48.5 Å². The van der Waals surface area contributed by atoms with Crippen LogP contribution < -0.4 is 5.32 Å². The third kappa shape index (κ3) is 7.43. The molecule has 0 aliphatic heterocycles. The Labute approximate surface area is 271 Å². The first-order valence-electron chi connectivity index (χ1n) is 12.9. The average Bonchev–Trinajstić information content (AvgIpc) is 3.50. The molecule has 1 N–H and O–H groups in total. The highest BCUT2D eigenvalue weighted by molar-refractivity contribution is 9.09. The summed E-state index contributed by atoms with van der Waals surface area (Å²) in [7, 11) is 0. The molecule has 0 spiro atoms. The highest BCUT2D eigenvalue weighted by atomic mass is 79.9. The molecule has 1 saturated carbocycles. The van der Waals surface area contributed by atoms with Gasteiger partial charge in [0, 0.05) is 46.8 Å². The first-order chi connectivity index (χ1) is 20.4. The number of nitrogens with one attached hydrogen (secondary N) is 1. The molecule has 14 heteroatoms. The molecule has 234 valence electrons. The molecule has 3 atom stereocenters. The monoisotopic (exact) mass is 741 g/mol. The Morgan fingerprint density at radius 2 is 1.64 bits per heavy atom. The van der Waals surface area contributed by atoms with Crippen molar-refractivity contribution in [2.75, 3.05) is 5.32 Å². The molecule has 1 amide bonds. The number of carbonyl (C=O) groups is 3. The maximum Gasteiger partial charge on any atom is 0.419 e. The van der Waals surface area contributed by atoms with Crippen LogP contribution in [-0.4, -0.2) is 26.6 Å². The van der Waals surface area contributed by atoms with Crippen molar-refractivity contribution in [3.8, 4) is 0 Å². The lowest BCUT2D eigenvalue weighted by molar-refractivity contribution is -0.140. The SMILES string of the molecule is CC(Br)CC(=O)Cc1c(F)ccc(CC(=O)c2cc(NC(=O)[C@H]3[C@H](c4ccc(F)c(C(F)(F)F)c4)C3(Cl)Cl)ccc2Cl)c1F. The molecule has 4 rings (SSSR count). The number of rotatable bonds is 10. The quantitative estimate of drug-likeness (QED) is 0.128. The molecule has 0 bridgehead atoms.